The highest BCUT2D eigenvalue weighted by Crippen LogP contribution is 2.24. The number of hydrogen-bond acceptors (Lipinski definition) is 7. The van der Waals surface area contributed by atoms with Crippen molar-refractivity contribution in [3.05, 3.63) is 59.9 Å². The Morgan fingerprint density at radius 3 is 2.66 bits per heavy atom. The second-order valence-corrected chi connectivity index (χ2v) is 5.97. The SMILES string of the molecule is CCCn1nnnc1COC(=O)c1ccccc1Nc1ccc(OC(F)F)cc1. The van der Waals surface area contributed by atoms with Gasteiger partial charge in [0.15, 0.2) is 12.4 Å². The number of ether oxygens (including phenoxy) is 2. The van der Waals surface area contributed by atoms with Gasteiger partial charge in [-0.25, -0.2) is 9.48 Å². The van der Waals surface area contributed by atoms with Gasteiger partial charge in [0.25, 0.3) is 0 Å². The van der Waals surface area contributed by atoms with Crippen molar-refractivity contribution < 1.29 is 23.0 Å². The van der Waals surface area contributed by atoms with Crippen molar-refractivity contribution in [2.24, 2.45) is 0 Å². The van der Waals surface area contributed by atoms with Gasteiger partial charge in [0.2, 0.25) is 0 Å². The predicted octanol–water partition coefficient (Wildman–Crippen LogP) is 3.79. The number of nitrogens with one attached hydrogen (secondary N) is 1. The minimum Gasteiger partial charge on any atom is -0.454 e. The van der Waals surface area contributed by atoms with Crippen LogP contribution >= 0.6 is 0 Å². The molecule has 1 aromatic heterocycles. The first kappa shape index (κ1) is 20.2. The minimum atomic E-state index is -2.89. The molecule has 29 heavy (non-hydrogen) atoms. The van der Waals surface area contributed by atoms with E-state index in [1.54, 1.807) is 41.1 Å². The molecule has 0 aliphatic carbocycles. The average molecular weight is 403 g/mol. The molecule has 0 spiro atoms. The van der Waals surface area contributed by atoms with E-state index in [9.17, 15) is 13.6 Å². The maximum atomic E-state index is 12.6. The minimum absolute atomic E-state index is 0.0445. The van der Waals surface area contributed by atoms with Gasteiger partial charge in [0.05, 0.1) is 11.3 Å². The standard InChI is InChI=1S/C19H19F2N5O3/c1-2-11-26-17(23-24-25-26)12-28-18(27)15-5-3-4-6-16(15)22-13-7-9-14(10-8-13)29-19(20)21/h3-10,19,22H,2,11-12H2,1H3. The quantitative estimate of drug-likeness (QED) is 0.544. The average Bonchev–Trinajstić information content (AvgIpc) is 3.15. The lowest BCUT2D eigenvalue weighted by Crippen LogP contribution is -2.12. The molecular weight excluding hydrogens is 384 g/mol. The number of tetrazole rings is 1. The summed E-state index contributed by atoms with van der Waals surface area (Å²) < 4.78 is 35.8. The number of benzene rings is 2. The summed E-state index contributed by atoms with van der Waals surface area (Å²) in [5.41, 5.74) is 1.42. The van der Waals surface area contributed by atoms with Crippen LogP contribution in [0, 0.1) is 0 Å². The van der Waals surface area contributed by atoms with Gasteiger partial charge in [-0.05, 0) is 53.2 Å². The molecule has 152 valence electrons. The van der Waals surface area contributed by atoms with Gasteiger partial charge in [-0.15, -0.1) is 5.10 Å². The number of anilines is 2. The Labute approximate surface area is 165 Å². The zero-order valence-corrected chi connectivity index (χ0v) is 15.6. The number of aromatic nitrogens is 4. The van der Waals surface area contributed by atoms with Crippen LogP contribution in [0.5, 0.6) is 5.75 Å². The Bertz CT molecular complexity index is 947. The molecule has 0 amide bonds. The predicted molar refractivity (Wildman–Crippen MR) is 100 cm³/mol. The summed E-state index contributed by atoms with van der Waals surface area (Å²) in [5.74, 6) is -0.0416. The molecule has 0 fully saturated rings. The Morgan fingerprint density at radius 2 is 1.93 bits per heavy atom. The summed E-state index contributed by atoms with van der Waals surface area (Å²) in [5, 5.41) is 14.4. The van der Waals surface area contributed by atoms with Gasteiger partial charge < -0.3 is 14.8 Å². The van der Waals surface area contributed by atoms with Gasteiger partial charge in [-0.2, -0.15) is 8.78 Å². The van der Waals surface area contributed by atoms with Crippen LogP contribution in [-0.2, 0) is 17.9 Å². The highest BCUT2D eigenvalue weighted by atomic mass is 19.3. The third-order valence-corrected chi connectivity index (χ3v) is 3.88. The van der Waals surface area contributed by atoms with E-state index in [1.807, 2.05) is 6.92 Å². The highest BCUT2D eigenvalue weighted by Gasteiger charge is 2.15. The van der Waals surface area contributed by atoms with Crippen molar-refractivity contribution in [2.45, 2.75) is 33.1 Å². The number of alkyl halides is 2. The van der Waals surface area contributed by atoms with Crippen molar-refractivity contribution >= 4 is 17.3 Å². The number of nitrogens with zero attached hydrogens (tertiary/aromatic N) is 4. The third kappa shape index (κ3) is 5.47. The number of hydrogen-bond donors (Lipinski definition) is 1. The Hall–Kier alpha value is -3.56. The van der Waals surface area contributed by atoms with Crippen molar-refractivity contribution in [2.75, 3.05) is 5.32 Å². The van der Waals surface area contributed by atoms with Crippen LogP contribution in [0.25, 0.3) is 0 Å². The lowest BCUT2D eigenvalue weighted by Gasteiger charge is -2.12. The van der Waals surface area contributed by atoms with Crippen LogP contribution in [0.3, 0.4) is 0 Å². The first-order valence-corrected chi connectivity index (χ1v) is 8.90. The number of aryl methyl sites for hydroxylation is 1. The normalized spacial score (nSPS) is 10.8. The summed E-state index contributed by atoms with van der Waals surface area (Å²) >= 11 is 0. The van der Waals surface area contributed by atoms with E-state index in [1.165, 1.54) is 12.1 Å². The molecule has 0 atom stereocenters. The molecule has 0 aliphatic rings. The van der Waals surface area contributed by atoms with Gasteiger partial charge >= 0.3 is 12.6 Å². The van der Waals surface area contributed by atoms with Crippen LogP contribution in [0.1, 0.15) is 29.5 Å². The van der Waals surface area contributed by atoms with Crippen LogP contribution < -0.4 is 10.1 Å². The summed E-state index contributed by atoms with van der Waals surface area (Å²) in [6, 6.07) is 12.7. The van der Waals surface area contributed by atoms with Gasteiger partial charge in [0.1, 0.15) is 5.75 Å². The first-order valence-electron chi connectivity index (χ1n) is 8.90. The van der Waals surface area contributed by atoms with Crippen molar-refractivity contribution in [3.8, 4) is 5.75 Å². The van der Waals surface area contributed by atoms with E-state index in [2.05, 4.69) is 25.6 Å². The Balaban J connectivity index is 1.68. The van der Waals surface area contributed by atoms with Crippen molar-refractivity contribution in [3.63, 3.8) is 0 Å². The molecular formula is C19H19F2N5O3. The van der Waals surface area contributed by atoms with E-state index in [0.29, 0.717) is 29.3 Å². The van der Waals surface area contributed by atoms with E-state index < -0.39 is 12.6 Å². The van der Waals surface area contributed by atoms with Crippen LogP contribution in [0.2, 0.25) is 0 Å². The van der Waals surface area contributed by atoms with Gasteiger partial charge in [-0.1, -0.05) is 19.1 Å². The topological polar surface area (TPSA) is 91.2 Å². The zero-order chi connectivity index (χ0) is 20.6. The number of rotatable bonds is 9. The lowest BCUT2D eigenvalue weighted by molar-refractivity contribution is -0.0498. The second kappa shape index (κ2) is 9.58. The van der Waals surface area contributed by atoms with E-state index in [-0.39, 0.29) is 12.4 Å². The second-order valence-electron chi connectivity index (χ2n) is 5.97. The van der Waals surface area contributed by atoms with Crippen molar-refractivity contribution in [1.29, 1.82) is 0 Å². The summed E-state index contributed by atoms with van der Waals surface area (Å²) in [6.45, 7) is -0.322. The van der Waals surface area contributed by atoms with E-state index in [0.717, 1.165) is 6.42 Å². The third-order valence-electron chi connectivity index (χ3n) is 3.88. The zero-order valence-electron chi connectivity index (χ0n) is 15.6. The maximum absolute atomic E-state index is 12.6. The van der Waals surface area contributed by atoms with Crippen LogP contribution in [0.15, 0.2) is 48.5 Å². The molecule has 10 heteroatoms. The maximum Gasteiger partial charge on any atom is 0.387 e. The number of carbonyl (C=O) groups is 1. The summed E-state index contributed by atoms with van der Waals surface area (Å²) in [7, 11) is 0. The van der Waals surface area contributed by atoms with E-state index in [4.69, 9.17) is 4.74 Å². The molecule has 3 aromatic rings. The molecule has 0 aliphatic heterocycles. The lowest BCUT2D eigenvalue weighted by atomic mass is 10.1. The molecule has 1 N–H and O–H groups in total. The fraction of sp³-hybridized carbons (Fsp3) is 0.263. The highest BCUT2D eigenvalue weighted by molar-refractivity contribution is 5.96. The monoisotopic (exact) mass is 403 g/mol. The fourth-order valence-electron chi connectivity index (χ4n) is 2.57. The molecule has 8 nitrogen and oxygen atoms in total. The number of halogens is 2. The summed E-state index contributed by atoms with van der Waals surface area (Å²) in [6.07, 6.45) is 0.847. The Morgan fingerprint density at radius 1 is 1.17 bits per heavy atom. The largest absolute Gasteiger partial charge is 0.454 e. The molecule has 0 radical (unpaired) electrons. The smallest absolute Gasteiger partial charge is 0.387 e. The van der Waals surface area contributed by atoms with Gasteiger partial charge in [0, 0.05) is 12.2 Å². The van der Waals surface area contributed by atoms with E-state index >= 15 is 0 Å². The fourth-order valence-corrected chi connectivity index (χ4v) is 2.57. The summed E-state index contributed by atoms with van der Waals surface area (Å²) in [4.78, 5) is 12.6. The molecule has 2 aromatic carbocycles. The number of para-hydroxylation sites is 1. The van der Waals surface area contributed by atoms with Crippen LogP contribution in [-0.4, -0.2) is 32.8 Å². The Kier molecular flexibility index (Phi) is 6.67. The first-order chi connectivity index (χ1) is 14.1. The van der Waals surface area contributed by atoms with Crippen LogP contribution in [0.4, 0.5) is 20.2 Å². The number of esters is 1. The molecule has 0 saturated carbocycles. The van der Waals surface area contributed by atoms with Gasteiger partial charge in [-0.3, -0.25) is 0 Å². The number of carbonyl (C=O) groups excluding carboxylic acids is 1. The van der Waals surface area contributed by atoms with Crippen molar-refractivity contribution in [1.82, 2.24) is 20.2 Å². The molecule has 0 unspecified atom stereocenters. The molecule has 3 rings (SSSR count). The molecule has 0 bridgehead atoms. The molecule has 0 saturated heterocycles. The molecule has 1 heterocycles.